The van der Waals surface area contributed by atoms with Crippen LogP contribution < -0.4 is 15.0 Å². The summed E-state index contributed by atoms with van der Waals surface area (Å²) < 4.78 is 41.5. The number of rotatable bonds is 6. The predicted octanol–water partition coefficient (Wildman–Crippen LogP) is 4.29. The summed E-state index contributed by atoms with van der Waals surface area (Å²) in [5, 5.41) is 3.19. The van der Waals surface area contributed by atoms with Gasteiger partial charge in [-0.25, -0.2) is 0 Å². The summed E-state index contributed by atoms with van der Waals surface area (Å²) in [6.45, 7) is 5.25. The molecule has 2 saturated heterocycles. The number of carbonyl (C=O) groups excluding carboxylic acids is 3. The fourth-order valence-corrected chi connectivity index (χ4v) is 6.39. The molecule has 1 saturated carbocycles. The van der Waals surface area contributed by atoms with Crippen LogP contribution >= 0.6 is 0 Å². The highest BCUT2D eigenvalue weighted by Crippen LogP contribution is 2.46. The van der Waals surface area contributed by atoms with Gasteiger partial charge in [-0.2, -0.15) is 0 Å². The third-order valence-electron chi connectivity index (χ3n) is 8.28. The van der Waals surface area contributed by atoms with E-state index in [1.165, 1.54) is 18.2 Å². The lowest BCUT2D eigenvalue weighted by Gasteiger charge is -2.51. The number of para-hydroxylation sites is 1. The van der Waals surface area contributed by atoms with Crippen molar-refractivity contribution in [1.29, 1.82) is 0 Å². The summed E-state index contributed by atoms with van der Waals surface area (Å²) in [5.74, 6) is -1.15. The number of anilines is 1. The molecule has 2 unspecified atom stereocenters. The van der Waals surface area contributed by atoms with E-state index in [4.69, 9.17) is 0 Å². The second kappa shape index (κ2) is 10.2. The van der Waals surface area contributed by atoms with Crippen molar-refractivity contribution < 1.29 is 32.3 Å². The number of ether oxygens (including phenoxy) is 1. The Morgan fingerprint density at radius 1 is 1.10 bits per heavy atom. The van der Waals surface area contributed by atoms with Crippen LogP contribution in [0.5, 0.6) is 5.75 Å². The molecule has 208 valence electrons. The molecule has 1 N–H and O–H groups in total. The molecule has 2 atom stereocenters. The Labute approximate surface area is 225 Å². The van der Waals surface area contributed by atoms with Crippen LogP contribution in [0.2, 0.25) is 0 Å². The van der Waals surface area contributed by atoms with Gasteiger partial charge in [0.25, 0.3) is 0 Å². The maximum Gasteiger partial charge on any atom is 0.573 e. The fraction of sp³-hybridized carbons (Fsp3) is 0.483. The second-order valence-electron chi connectivity index (χ2n) is 11.1. The molecule has 10 heteroatoms. The Morgan fingerprint density at radius 3 is 2.49 bits per heavy atom. The number of benzene rings is 2. The molecule has 0 radical (unpaired) electrons. The number of carbonyl (C=O) groups is 3. The van der Waals surface area contributed by atoms with Crippen LogP contribution in [0.25, 0.3) is 0 Å². The molecule has 2 aromatic rings. The lowest BCUT2D eigenvalue weighted by atomic mass is 9.74. The Hall–Kier alpha value is -3.56. The Kier molecular flexibility index (Phi) is 7.07. The third-order valence-corrected chi connectivity index (χ3v) is 8.28. The van der Waals surface area contributed by atoms with Gasteiger partial charge in [-0.3, -0.25) is 14.4 Å². The van der Waals surface area contributed by atoms with Gasteiger partial charge in [-0.05, 0) is 55.5 Å². The van der Waals surface area contributed by atoms with Crippen LogP contribution in [0.3, 0.4) is 0 Å². The normalized spacial score (nSPS) is 22.2. The van der Waals surface area contributed by atoms with E-state index in [0.29, 0.717) is 25.2 Å². The Bertz CT molecular complexity index is 1270. The standard InChI is InChI=1S/C29H32F3N3O4/c1-18-6-3-7-19(2)26(18)35-15-21(14-25(35)37)27(38)33-23-10-5-11-28(23)16-34(17-28)24(36)13-20-8-4-9-22(12-20)39-29(30,31)32/h3-4,6-9,12,21,23H,5,10-11,13-17H2,1-2H3,(H,33,38). The van der Waals surface area contributed by atoms with E-state index in [9.17, 15) is 27.6 Å². The zero-order valence-corrected chi connectivity index (χ0v) is 22.0. The maximum atomic E-state index is 13.2. The molecule has 2 heterocycles. The third kappa shape index (κ3) is 5.60. The van der Waals surface area contributed by atoms with Gasteiger partial charge < -0.3 is 19.9 Å². The van der Waals surface area contributed by atoms with Gasteiger partial charge in [0.15, 0.2) is 0 Å². The zero-order chi connectivity index (χ0) is 27.9. The van der Waals surface area contributed by atoms with Crippen LogP contribution in [0.1, 0.15) is 42.4 Å². The number of hydrogen-bond acceptors (Lipinski definition) is 4. The number of hydrogen-bond donors (Lipinski definition) is 1. The zero-order valence-electron chi connectivity index (χ0n) is 22.0. The monoisotopic (exact) mass is 543 g/mol. The first-order valence-electron chi connectivity index (χ1n) is 13.2. The summed E-state index contributed by atoms with van der Waals surface area (Å²) in [7, 11) is 0. The number of nitrogens with one attached hydrogen (secondary N) is 1. The van der Waals surface area contributed by atoms with Gasteiger partial charge in [-0.1, -0.05) is 36.8 Å². The van der Waals surface area contributed by atoms with Gasteiger partial charge in [0.05, 0.1) is 12.3 Å². The van der Waals surface area contributed by atoms with E-state index in [1.54, 1.807) is 15.9 Å². The SMILES string of the molecule is Cc1cccc(C)c1N1CC(C(=O)NC2CCCC23CN(C(=O)Cc2cccc(OC(F)(F)F)c2)C3)CC1=O. The number of aryl methyl sites for hydroxylation is 2. The van der Waals surface area contributed by atoms with Crippen molar-refractivity contribution in [1.82, 2.24) is 10.2 Å². The first-order chi connectivity index (χ1) is 18.4. The quantitative estimate of drug-likeness (QED) is 0.590. The van der Waals surface area contributed by atoms with Crippen LogP contribution in [0, 0.1) is 25.2 Å². The largest absolute Gasteiger partial charge is 0.573 e. The minimum atomic E-state index is -4.79. The first-order valence-corrected chi connectivity index (χ1v) is 13.2. The van der Waals surface area contributed by atoms with E-state index in [1.807, 2.05) is 32.0 Å². The first kappa shape index (κ1) is 27.0. The molecule has 2 aromatic carbocycles. The van der Waals surface area contributed by atoms with Gasteiger partial charge in [0.2, 0.25) is 17.7 Å². The van der Waals surface area contributed by atoms with Crippen molar-refractivity contribution in [3.05, 3.63) is 59.2 Å². The van der Waals surface area contributed by atoms with Crippen LogP contribution in [-0.2, 0) is 20.8 Å². The number of alkyl halides is 3. The number of amides is 3. The van der Waals surface area contributed by atoms with Crippen molar-refractivity contribution in [3.63, 3.8) is 0 Å². The van der Waals surface area contributed by atoms with E-state index < -0.39 is 12.3 Å². The molecule has 0 aromatic heterocycles. The number of nitrogens with zero attached hydrogens (tertiary/aromatic N) is 2. The highest BCUT2D eigenvalue weighted by Gasteiger charge is 2.53. The highest BCUT2D eigenvalue weighted by atomic mass is 19.4. The summed E-state index contributed by atoms with van der Waals surface area (Å²) in [4.78, 5) is 42.3. The lowest BCUT2D eigenvalue weighted by Crippen LogP contribution is -2.65. The van der Waals surface area contributed by atoms with E-state index in [2.05, 4.69) is 10.1 Å². The van der Waals surface area contributed by atoms with E-state index >= 15 is 0 Å². The van der Waals surface area contributed by atoms with Crippen LogP contribution in [0.4, 0.5) is 18.9 Å². The van der Waals surface area contributed by atoms with Crippen molar-refractivity contribution in [2.75, 3.05) is 24.5 Å². The van der Waals surface area contributed by atoms with Gasteiger partial charge in [0, 0.05) is 43.2 Å². The molecule has 39 heavy (non-hydrogen) atoms. The highest BCUT2D eigenvalue weighted by molar-refractivity contribution is 6.01. The van der Waals surface area contributed by atoms with E-state index in [-0.39, 0.29) is 47.8 Å². The Balaban J connectivity index is 1.17. The van der Waals surface area contributed by atoms with Crippen LogP contribution in [-0.4, -0.2) is 54.7 Å². The van der Waals surface area contributed by atoms with Crippen LogP contribution in [0.15, 0.2) is 42.5 Å². The minimum Gasteiger partial charge on any atom is -0.406 e. The summed E-state index contributed by atoms with van der Waals surface area (Å²) in [6.07, 6.45) is -2.03. The molecule has 0 bridgehead atoms. The van der Waals surface area contributed by atoms with Crippen molar-refractivity contribution >= 4 is 23.4 Å². The second-order valence-corrected chi connectivity index (χ2v) is 11.1. The smallest absolute Gasteiger partial charge is 0.406 e. The lowest BCUT2D eigenvalue weighted by molar-refractivity contribution is -0.274. The topological polar surface area (TPSA) is 79.0 Å². The Morgan fingerprint density at radius 2 is 1.79 bits per heavy atom. The summed E-state index contributed by atoms with van der Waals surface area (Å²) >= 11 is 0. The molecule has 3 fully saturated rings. The molecule has 3 amide bonds. The van der Waals surface area contributed by atoms with Crippen molar-refractivity contribution in [2.24, 2.45) is 11.3 Å². The van der Waals surface area contributed by atoms with Crippen molar-refractivity contribution in [2.45, 2.75) is 58.4 Å². The molecule has 2 aliphatic heterocycles. The fourth-order valence-electron chi connectivity index (χ4n) is 6.39. The number of likely N-dealkylation sites (tertiary alicyclic amines) is 1. The minimum absolute atomic E-state index is 0.0273. The van der Waals surface area contributed by atoms with Crippen molar-refractivity contribution in [3.8, 4) is 5.75 Å². The molecule has 1 spiro atoms. The summed E-state index contributed by atoms with van der Waals surface area (Å²) in [6, 6.07) is 11.2. The molecule has 1 aliphatic carbocycles. The van der Waals surface area contributed by atoms with Gasteiger partial charge in [-0.15, -0.1) is 13.2 Å². The maximum absolute atomic E-state index is 13.2. The van der Waals surface area contributed by atoms with E-state index in [0.717, 1.165) is 36.1 Å². The van der Waals surface area contributed by atoms with Gasteiger partial charge in [0.1, 0.15) is 5.75 Å². The average molecular weight is 544 g/mol. The molecule has 3 aliphatic rings. The molecular formula is C29H32F3N3O4. The number of halogens is 3. The molecular weight excluding hydrogens is 511 g/mol. The predicted molar refractivity (Wildman–Crippen MR) is 138 cm³/mol. The molecule has 7 nitrogen and oxygen atoms in total. The summed E-state index contributed by atoms with van der Waals surface area (Å²) in [5.41, 5.74) is 3.11. The van der Waals surface area contributed by atoms with Gasteiger partial charge >= 0.3 is 6.36 Å². The molecule has 5 rings (SSSR count). The average Bonchev–Trinajstić information content (AvgIpc) is 3.41.